The Morgan fingerprint density at radius 3 is 2.66 bits per heavy atom. The Bertz CT molecular complexity index is 1300. The molecule has 2 aliphatic rings. The van der Waals surface area contributed by atoms with E-state index in [4.69, 9.17) is 21.1 Å². The number of fused-ring (bicyclic) bond motifs is 1. The topological polar surface area (TPSA) is 133 Å². The van der Waals surface area contributed by atoms with Crippen LogP contribution >= 0.6 is 11.6 Å². The molecule has 1 saturated carbocycles. The van der Waals surface area contributed by atoms with Crippen LogP contribution in [-0.2, 0) is 4.79 Å². The highest BCUT2D eigenvalue weighted by atomic mass is 35.5. The van der Waals surface area contributed by atoms with Crippen LogP contribution in [0.4, 0.5) is 0 Å². The predicted molar refractivity (Wildman–Crippen MR) is 130 cm³/mol. The lowest BCUT2D eigenvalue weighted by atomic mass is 9.87. The van der Waals surface area contributed by atoms with Crippen LogP contribution in [0, 0.1) is 17.2 Å². The van der Waals surface area contributed by atoms with E-state index in [1.54, 1.807) is 18.2 Å². The molecule has 9 nitrogen and oxygen atoms in total. The molecule has 0 unspecified atom stereocenters. The maximum Gasteiger partial charge on any atom is 0.306 e. The molecular formula is C25H26ClN5O4. The summed E-state index contributed by atoms with van der Waals surface area (Å²) >= 11 is 6.55. The quantitative estimate of drug-likeness (QED) is 0.441. The molecule has 1 aromatic carbocycles. The second-order valence-corrected chi connectivity index (χ2v) is 9.63. The minimum Gasteiger partial charge on any atom is -0.483 e. The van der Waals surface area contributed by atoms with Crippen molar-refractivity contribution in [2.24, 2.45) is 5.92 Å². The molecule has 0 radical (unpaired) electrons. The first kappa shape index (κ1) is 23.4. The first-order chi connectivity index (χ1) is 16.9. The zero-order valence-electron chi connectivity index (χ0n) is 19.3. The van der Waals surface area contributed by atoms with Crippen molar-refractivity contribution in [2.75, 3.05) is 13.1 Å². The second kappa shape index (κ2) is 9.36. The molecule has 3 heterocycles. The predicted octanol–water partition coefficient (Wildman–Crippen LogP) is 4.30. The number of carbonyl (C=O) groups is 1. The number of H-pyrrole nitrogens is 1. The number of aromatic nitrogens is 3. The van der Waals surface area contributed by atoms with Gasteiger partial charge in [0.1, 0.15) is 23.5 Å². The van der Waals surface area contributed by atoms with Crippen molar-refractivity contribution in [3.05, 3.63) is 34.9 Å². The summed E-state index contributed by atoms with van der Waals surface area (Å²) in [6.07, 6.45) is 3.25. The largest absolute Gasteiger partial charge is 0.483 e. The van der Waals surface area contributed by atoms with Gasteiger partial charge < -0.3 is 24.9 Å². The summed E-state index contributed by atoms with van der Waals surface area (Å²) in [4.78, 5) is 23.3. The number of carboxylic acid groups (broad SMARTS) is 1. The number of rotatable bonds is 7. The van der Waals surface area contributed by atoms with Gasteiger partial charge in [-0.25, -0.2) is 4.98 Å². The fourth-order valence-corrected chi connectivity index (χ4v) is 4.89. The van der Waals surface area contributed by atoms with Crippen LogP contribution in [0.1, 0.15) is 44.6 Å². The van der Waals surface area contributed by atoms with Gasteiger partial charge in [-0.05, 0) is 56.4 Å². The van der Waals surface area contributed by atoms with Crippen molar-refractivity contribution in [1.82, 2.24) is 20.3 Å². The molecule has 3 N–H and O–H groups in total. The molecule has 5 rings (SSSR count). The number of nitrogens with one attached hydrogen (secondary N) is 2. The first-order valence-electron chi connectivity index (χ1n) is 11.8. The third-order valence-corrected chi connectivity index (χ3v) is 7.23. The van der Waals surface area contributed by atoms with Crippen molar-refractivity contribution < 1.29 is 19.4 Å². The van der Waals surface area contributed by atoms with Crippen molar-refractivity contribution in [3.8, 4) is 29.1 Å². The van der Waals surface area contributed by atoms with E-state index < -0.39 is 5.97 Å². The number of imidazole rings is 1. The number of pyridine rings is 1. The summed E-state index contributed by atoms with van der Waals surface area (Å²) in [6, 6.07) is 9.66. The van der Waals surface area contributed by atoms with Gasteiger partial charge >= 0.3 is 5.97 Å². The van der Waals surface area contributed by atoms with Crippen molar-refractivity contribution in [3.63, 3.8) is 0 Å². The van der Waals surface area contributed by atoms with E-state index in [9.17, 15) is 15.2 Å². The molecule has 0 spiro atoms. The molecule has 0 atom stereocenters. The standard InChI is InChI=1S/C25H26ClN5O4/c1-2-25(12-28-13-25)35-20-8-5-15(9-16(20)11-27)21-18(26)10-19-22(30-21)31-24(29-19)34-17-6-3-14(4-7-17)23(32)33/h5,8-10,14,17,28H,2-4,6-7,12-13H2,1H3,(H,32,33)(H,29,30,31)/t14-,17-. The fourth-order valence-electron chi connectivity index (χ4n) is 4.62. The van der Waals surface area contributed by atoms with Gasteiger partial charge in [-0.2, -0.15) is 10.2 Å². The van der Waals surface area contributed by atoms with Crippen molar-refractivity contribution in [1.29, 1.82) is 5.26 Å². The van der Waals surface area contributed by atoms with Gasteiger partial charge in [-0.1, -0.05) is 18.5 Å². The van der Waals surface area contributed by atoms with E-state index in [1.807, 2.05) is 6.07 Å². The molecule has 182 valence electrons. The Balaban J connectivity index is 1.36. The number of hydrogen-bond donors (Lipinski definition) is 3. The molecule has 35 heavy (non-hydrogen) atoms. The van der Waals surface area contributed by atoms with Crippen LogP contribution in [0.5, 0.6) is 11.8 Å². The van der Waals surface area contributed by atoms with Crippen molar-refractivity contribution in [2.45, 2.75) is 50.7 Å². The Hall–Kier alpha value is -3.35. The number of nitriles is 1. The molecule has 1 aliphatic heterocycles. The highest BCUT2D eigenvalue weighted by Gasteiger charge is 2.38. The molecule has 0 amide bonds. The van der Waals surface area contributed by atoms with Gasteiger partial charge in [0.2, 0.25) is 0 Å². The van der Waals surface area contributed by atoms with Crippen LogP contribution in [0.25, 0.3) is 22.4 Å². The Labute approximate surface area is 207 Å². The van der Waals surface area contributed by atoms with E-state index in [1.165, 1.54) is 0 Å². The summed E-state index contributed by atoms with van der Waals surface area (Å²) in [5.74, 6) is -0.506. The van der Waals surface area contributed by atoms with Crippen LogP contribution in [-0.4, -0.2) is 50.8 Å². The maximum absolute atomic E-state index is 11.2. The van der Waals surface area contributed by atoms with Gasteiger partial charge in [0.05, 0.1) is 27.7 Å². The van der Waals surface area contributed by atoms with Crippen LogP contribution in [0.3, 0.4) is 0 Å². The number of aliphatic carboxylic acids is 1. The second-order valence-electron chi connectivity index (χ2n) is 9.23. The molecular weight excluding hydrogens is 470 g/mol. The Morgan fingerprint density at radius 1 is 1.26 bits per heavy atom. The molecule has 3 aromatic rings. The zero-order valence-corrected chi connectivity index (χ0v) is 20.1. The number of ether oxygens (including phenoxy) is 2. The third-order valence-electron chi connectivity index (χ3n) is 6.95. The number of aromatic amines is 1. The Morgan fingerprint density at radius 2 is 2.03 bits per heavy atom. The minimum absolute atomic E-state index is 0.0934. The lowest BCUT2D eigenvalue weighted by Crippen LogP contribution is -2.62. The third kappa shape index (κ3) is 4.64. The monoisotopic (exact) mass is 495 g/mol. The molecule has 10 heteroatoms. The van der Waals surface area contributed by atoms with Gasteiger partial charge in [-0.3, -0.25) is 4.79 Å². The van der Waals surface area contributed by atoms with Crippen LogP contribution < -0.4 is 14.8 Å². The van der Waals surface area contributed by atoms with Crippen LogP contribution in [0.15, 0.2) is 24.3 Å². The maximum atomic E-state index is 11.2. The minimum atomic E-state index is -0.748. The molecule has 1 aliphatic carbocycles. The zero-order chi connectivity index (χ0) is 24.6. The summed E-state index contributed by atoms with van der Waals surface area (Å²) in [6.45, 7) is 3.58. The first-order valence-corrected chi connectivity index (χ1v) is 12.2. The highest BCUT2D eigenvalue weighted by Crippen LogP contribution is 2.35. The summed E-state index contributed by atoms with van der Waals surface area (Å²) in [7, 11) is 0. The van der Waals surface area contributed by atoms with E-state index in [0.29, 0.717) is 70.5 Å². The van der Waals surface area contributed by atoms with Crippen LogP contribution in [0.2, 0.25) is 5.02 Å². The Kier molecular flexibility index (Phi) is 6.26. The number of benzene rings is 1. The lowest BCUT2D eigenvalue weighted by Gasteiger charge is -2.42. The smallest absolute Gasteiger partial charge is 0.306 e. The highest BCUT2D eigenvalue weighted by molar-refractivity contribution is 6.33. The van der Waals surface area contributed by atoms with Gasteiger partial charge in [0.25, 0.3) is 6.01 Å². The van der Waals surface area contributed by atoms with Gasteiger partial charge in [0, 0.05) is 18.7 Å². The molecule has 0 bridgehead atoms. The number of hydrogen-bond acceptors (Lipinski definition) is 7. The number of halogens is 1. The average molecular weight is 496 g/mol. The molecule has 2 fully saturated rings. The average Bonchev–Trinajstić information content (AvgIpc) is 3.22. The normalized spacial score (nSPS) is 21.2. The van der Waals surface area contributed by atoms with E-state index in [-0.39, 0.29) is 17.6 Å². The van der Waals surface area contributed by atoms with Gasteiger partial charge in [0.15, 0.2) is 5.65 Å². The summed E-state index contributed by atoms with van der Waals surface area (Å²) < 4.78 is 12.2. The summed E-state index contributed by atoms with van der Waals surface area (Å²) in [5.41, 5.74) is 2.43. The van der Waals surface area contributed by atoms with Gasteiger partial charge in [-0.15, -0.1) is 0 Å². The SMILES string of the molecule is CCC1(Oc2ccc(-c3nc4nc(O[C@H]5CC[C@H](C(=O)O)CC5)[nH]c4cc3Cl)cc2C#N)CNC1. The lowest BCUT2D eigenvalue weighted by molar-refractivity contribution is -0.143. The van der Waals surface area contributed by atoms with Crippen molar-refractivity contribution >= 4 is 28.7 Å². The fraction of sp³-hybridized carbons (Fsp3) is 0.440. The number of carboxylic acids is 1. The summed E-state index contributed by atoms with van der Waals surface area (Å²) in [5, 5.41) is 22.5. The molecule has 2 aromatic heterocycles. The molecule has 1 saturated heterocycles. The van der Waals surface area contributed by atoms with E-state index in [0.717, 1.165) is 19.5 Å². The van der Waals surface area contributed by atoms with E-state index >= 15 is 0 Å². The number of nitrogens with zero attached hydrogens (tertiary/aromatic N) is 3. The van der Waals surface area contributed by atoms with E-state index in [2.05, 4.69) is 33.3 Å².